The molecule has 2 aromatic rings. The van der Waals surface area contributed by atoms with Crippen molar-refractivity contribution in [3.05, 3.63) is 58.6 Å². The van der Waals surface area contributed by atoms with E-state index in [-0.39, 0.29) is 10.8 Å². The summed E-state index contributed by atoms with van der Waals surface area (Å²) in [4.78, 5) is 23.4. The molecule has 0 aliphatic heterocycles. The highest BCUT2D eigenvalue weighted by Crippen LogP contribution is 2.22. The average Bonchev–Trinajstić information content (AvgIpc) is 2.50. The van der Waals surface area contributed by atoms with E-state index in [1.54, 1.807) is 24.3 Å². The Morgan fingerprint density at radius 3 is 2.65 bits per heavy atom. The smallest absolute Gasteiger partial charge is 0.329 e. The standard InChI is InChI=1S/C16H14ClN3O3/c1-10-3-2-4-12(7-10)19-15(22)16(23)20-18-9-11-5-6-14(21)13(17)8-11/h2-9,21H,1H3,(H,19,22)(H,20,23)/b18-9-. The zero-order chi connectivity index (χ0) is 16.8. The van der Waals surface area contributed by atoms with Gasteiger partial charge in [0.05, 0.1) is 11.2 Å². The number of hydrogen-bond acceptors (Lipinski definition) is 4. The topological polar surface area (TPSA) is 90.8 Å². The number of hydrazone groups is 1. The highest BCUT2D eigenvalue weighted by atomic mass is 35.5. The fourth-order valence-electron chi connectivity index (χ4n) is 1.73. The fourth-order valence-corrected chi connectivity index (χ4v) is 1.92. The van der Waals surface area contributed by atoms with E-state index in [2.05, 4.69) is 15.8 Å². The van der Waals surface area contributed by atoms with Crippen molar-refractivity contribution in [1.29, 1.82) is 0 Å². The van der Waals surface area contributed by atoms with Crippen LogP contribution in [0, 0.1) is 6.92 Å². The van der Waals surface area contributed by atoms with E-state index in [4.69, 9.17) is 11.6 Å². The molecule has 6 nitrogen and oxygen atoms in total. The number of nitrogens with zero attached hydrogens (tertiary/aromatic N) is 1. The molecule has 2 aromatic carbocycles. The molecule has 7 heteroatoms. The van der Waals surface area contributed by atoms with Gasteiger partial charge in [0.15, 0.2) is 0 Å². The number of rotatable bonds is 3. The first-order valence-corrected chi connectivity index (χ1v) is 7.03. The Morgan fingerprint density at radius 2 is 1.96 bits per heavy atom. The predicted molar refractivity (Wildman–Crippen MR) is 88.7 cm³/mol. The molecule has 0 radical (unpaired) electrons. The van der Waals surface area contributed by atoms with Crippen molar-refractivity contribution >= 4 is 35.3 Å². The molecule has 2 amide bonds. The van der Waals surface area contributed by atoms with Crippen molar-refractivity contribution in [3.8, 4) is 5.75 Å². The maximum Gasteiger partial charge on any atom is 0.329 e. The normalized spacial score (nSPS) is 10.5. The van der Waals surface area contributed by atoms with Gasteiger partial charge in [0.2, 0.25) is 0 Å². The molecule has 118 valence electrons. The van der Waals surface area contributed by atoms with E-state index >= 15 is 0 Å². The van der Waals surface area contributed by atoms with Crippen molar-refractivity contribution in [2.75, 3.05) is 5.32 Å². The van der Waals surface area contributed by atoms with Crippen LogP contribution in [0.4, 0.5) is 5.69 Å². The van der Waals surface area contributed by atoms with Crippen LogP contribution in [0.25, 0.3) is 0 Å². The molecular weight excluding hydrogens is 318 g/mol. The van der Waals surface area contributed by atoms with Crippen molar-refractivity contribution < 1.29 is 14.7 Å². The largest absolute Gasteiger partial charge is 0.506 e. The molecule has 0 bridgehead atoms. The summed E-state index contributed by atoms with van der Waals surface area (Å²) in [5, 5.41) is 15.6. The summed E-state index contributed by atoms with van der Waals surface area (Å²) in [7, 11) is 0. The minimum atomic E-state index is -0.896. The number of hydrogen-bond donors (Lipinski definition) is 3. The summed E-state index contributed by atoms with van der Waals surface area (Å²) in [6.45, 7) is 1.88. The van der Waals surface area contributed by atoms with Gasteiger partial charge in [0.1, 0.15) is 5.75 Å². The Labute approximate surface area is 137 Å². The lowest BCUT2D eigenvalue weighted by atomic mass is 10.2. The Bertz CT molecular complexity index is 775. The minimum absolute atomic E-state index is 0.0506. The van der Waals surface area contributed by atoms with Crippen LogP contribution in [0.1, 0.15) is 11.1 Å². The fraction of sp³-hybridized carbons (Fsp3) is 0.0625. The van der Waals surface area contributed by atoms with Gasteiger partial charge in [-0.3, -0.25) is 9.59 Å². The van der Waals surface area contributed by atoms with E-state index < -0.39 is 11.8 Å². The first kappa shape index (κ1) is 16.5. The van der Waals surface area contributed by atoms with Gasteiger partial charge in [0, 0.05) is 5.69 Å². The van der Waals surface area contributed by atoms with Gasteiger partial charge in [0.25, 0.3) is 0 Å². The van der Waals surface area contributed by atoms with Crippen molar-refractivity contribution in [2.24, 2.45) is 5.10 Å². The number of phenolic OH excluding ortho intramolecular Hbond substituents is 1. The molecule has 0 atom stereocenters. The van der Waals surface area contributed by atoms with Crippen molar-refractivity contribution in [2.45, 2.75) is 6.92 Å². The number of amides is 2. The van der Waals surface area contributed by atoms with Gasteiger partial charge in [-0.1, -0.05) is 23.7 Å². The molecule has 0 aliphatic carbocycles. The molecule has 0 saturated carbocycles. The number of carbonyl (C=O) groups excluding carboxylic acids is 2. The molecule has 0 fully saturated rings. The molecule has 23 heavy (non-hydrogen) atoms. The second-order valence-corrected chi connectivity index (χ2v) is 5.14. The van der Waals surface area contributed by atoms with E-state index in [9.17, 15) is 14.7 Å². The molecule has 0 saturated heterocycles. The van der Waals surface area contributed by atoms with Crippen LogP contribution in [-0.2, 0) is 9.59 Å². The number of phenols is 1. The number of aryl methyl sites for hydroxylation is 1. The summed E-state index contributed by atoms with van der Waals surface area (Å²) in [5.41, 5.74) is 4.17. The van der Waals surface area contributed by atoms with Crippen molar-refractivity contribution in [1.82, 2.24) is 5.43 Å². The van der Waals surface area contributed by atoms with Crippen LogP contribution < -0.4 is 10.7 Å². The number of anilines is 1. The zero-order valence-corrected chi connectivity index (χ0v) is 13.0. The van der Waals surface area contributed by atoms with Crippen LogP contribution in [0.15, 0.2) is 47.6 Å². The van der Waals surface area contributed by atoms with Crippen LogP contribution in [-0.4, -0.2) is 23.1 Å². The number of nitrogens with one attached hydrogen (secondary N) is 2. The lowest BCUT2D eigenvalue weighted by molar-refractivity contribution is -0.136. The number of carbonyl (C=O) groups is 2. The lowest BCUT2D eigenvalue weighted by Gasteiger charge is -2.04. The summed E-state index contributed by atoms with van der Waals surface area (Å²) in [5.74, 6) is -1.77. The summed E-state index contributed by atoms with van der Waals surface area (Å²) in [6, 6.07) is 11.5. The summed E-state index contributed by atoms with van der Waals surface area (Å²) in [6.07, 6.45) is 1.31. The van der Waals surface area contributed by atoms with Gasteiger partial charge in [-0.15, -0.1) is 0 Å². The number of aromatic hydroxyl groups is 1. The lowest BCUT2D eigenvalue weighted by Crippen LogP contribution is -2.32. The van der Waals surface area contributed by atoms with Crippen molar-refractivity contribution in [3.63, 3.8) is 0 Å². The zero-order valence-electron chi connectivity index (χ0n) is 12.2. The first-order valence-electron chi connectivity index (χ1n) is 6.65. The Kier molecular flexibility index (Phi) is 5.32. The van der Waals surface area contributed by atoms with Crippen LogP contribution in [0.5, 0.6) is 5.75 Å². The Balaban J connectivity index is 1.92. The SMILES string of the molecule is Cc1cccc(NC(=O)C(=O)N/N=C\c2ccc(O)c(Cl)c2)c1. The van der Waals surface area contributed by atoms with Crippen LogP contribution in [0.3, 0.4) is 0 Å². The minimum Gasteiger partial charge on any atom is -0.506 e. The third-order valence-corrected chi connectivity index (χ3v) is 3.14. The molecule has 2 rings (SSSR count). The van der Waals surface area contributed by atoms with Gasteiger partial charge >= 0.3 is 11.8 Å². The third-order valence-electron chi connectivity index (χ3n) is 2.83. The van der Waals surface area contributed by atoms with Crippen LogP contribution >= 0.6 is 11.6 Å². The third kappa shape index (κ3) is 4.82. The molecule has 0 unspecified atom stereocenters. The summed E-state index contributed by atoms with van der Waals surface area (Å²) >= 11 is 5.75. The van der Waals surface area contributed by atoms with Gasteiger partial charge in [-0.2, -0.15) is 5.10 Å². The second-order valence-electron chi connectivity index (χ2n) is 4.73. The maximum absolute atomic E-state index is 11.7. The Morgan fingerprint density at radius 1 is 1.17 bits per heavy atom. The highest BCUT2D eigenvalue weighted by Gasteiger charge is 2.12. The van der Waals surface area contributed by atoms with E-state index in [1.165, 1.54) is 18.3 Å². The maximum atomic E-state index is 11.7. The molecule has 0 aliphatic rings. The number of benzene rings is 2. The molecule has 3 N–H and O–H groups in total. The first-order chi connectivity index (χ1) is 11.0. The average molecular weight is 332 g/mol. The molecular formula is C16H14ClN3O3. The predicted octanol–water partition coefficient (Wildman–Crippen LogP) is 2.44. The van der Waals surface area contributed by atoms with Gasteiger partial charge in [-0.05, 0) is 48.4 Å². The number of halogens is 1. The van der Waals surface area contributed by atoms with Gasteiger partial charge in [-0.25, -0.2) is 5.43 Å². The second kappa shape index (κ2) is 7.42. The molecule has 0 spiro atoms. The quantitative estimate of drug-likeness (QED) is 0.458. The van der Waals surface area contributed by atoms with E-state index in [0.717, 1.165) is 5.56 Å². The highest BCUT2D eigenvalue weighted by molar-refractivity contribution is 6.39. The van der Waals surface area contributed by atoms with Gasteiger partial charge < -0.3 is 10.4 Å². The van der Waals surface area contributed by atoms with E-state index in [1.807, 2.05) is 13.0 Å². The monoisotopic (exact) mass is 331 g/mol. The Hall–Kier alpha value is -2.86. The molecule has 0 aromatic heterocycles. The molecule has 0 heterocycles. The van der Waals surface area contributed by atoms with Crippen LogP contribution in [0.2, 0.25) is 5.02 Å². The van der Waals surface area contributed by atoms with E-state index in [0.29, 0.717) is 11.3 Å². The summed E-state index contributed by atoms with van der Waals surface area (Å²) < 4.78 is 0.